The van der Waals surface area contributed by atoms with E-state index >= 15 is 0 Å². The topological polar surface area (TPSA) is 22.4 Å². The lowest BCUT2D eigenvalue weighted by Crippen LogP contribution is -1.92. The van der Waals surface area contributed by atoms with Gasteiger partial charge in [0.05, 0.1) is 12.5 Å². The quantitative estimate of drug-likeness (QED) is 0.711. The summed E-state index contributed by atoms with van der Waals surface area (Å²) < 4.78 is 10.4. The molecule has 1 aromatic heterocycles. The van der Waals surface area contributed by atoms with Gasteiger partial charge in [0.15, 0.2) is 0 Å². The normalized spacial score (nSPS) is 9.85. The monoisotopic (exact) mass is 173 g/mol. The molecular weight excluding hydrogens is 164 g/mol. The molecule has 0 bridgehead atoms. The molecule has 13 heavy (non-hydrogen) atoms. The molecule has 2 aromatic rings. The third kappa shape index (κ3) is 2.12. The Kier molecular flexibility index (Phi) is 2.32. The van der Waals surface area contributed by atoms with Crippen LogP contribution in [0.15, 0.2) is 47.3 Å². The standard InChI is InChI=1S/C11H9O2/c1-2-4-11(5-3-1)13-9-10-6-7-12-8-10/h2-8H,9H2. The first-order valence-corrected chi connectivity index (χ1v) is 4.05. The number of ether oxygens (including phenoxy) is 1. The zero-order valence-electron chi connectivity index (χ0n) is 7.07. The van der Waals surface area contributed by atoms with Crippen molar-refractivity contribution in [2.75, 3.05) is 0 Å². The highest BCUT2D eigenvalue weighted by molar-refractivity contribution is 5.20. The van der Waals surface area contributed by atoms with Gasteiger partial charge in [0.2, 0.25) is 0 Å². The third-order valence-corrected chi connectivity index (χ3v) is 1.67. The number of hydrogen-bond acceptors (Lipinski definition) is 2. The van der Waals surface area contributed by atoms with Gasteiger partial charge in [-0.1, -0.05) is 12.1 Å². The number of rotatable bonds is 3. The Balaban J connectivity index is 1.94. The average Bonchev–Trinajstić information content (AvgIpc) is 2.69. The Labute approximate surface area is 76.8 Å². The van der Waals surface area contributed by atoms with E-state index in [0.29, 0.717) is 6.61 Å². The molecule has 0 aliphatic heterocycles. The van der Waals surface area contributed by atoms with Crippen LogP contribution in [0.3, 0.4) is 0 Å². The first-order valence-electron chi connectivity index (χ1n) is 4.05. The van der Waals surface area contributed by atoms with E-state index in [1.54, 1.807) is 12.5 Å². The van der Waals surface area contributed by atoms with E-state index in [1.165, 1.54) is 0 Å². The van der Waals surface area contributed by atoms with Crippen LogP contribution < -0.4 is 4.74 Å². The SMILES string of the molecule is [c]1ccc(OCc2ccoc2)cc1. The second-order valence-electron chi connectivity index (χ2n) is 2.66. The molecule has 1 heterocycles. The molecule has 2 rings (SSSR count). The number of hydrogen-bond donors (Lipinski definition) is 0. The zero-order chi connectivity index (χ0) is 8.93. The van der Waals surface area contributed by atoms with Crippen LogP contribution in [0.2, 0.25) is 0 Å². The molecule has 0 aliphatic rings. The lowest BCUT2D eigenvalue weighted by Gasteiger charge is -2.02. The highest BCUT2D eigenvalue weighted by Crippen LogP contribution is 2.11. The predicted molar refractivity (Wildman–Crippen MR) is 48.3 cm³/mol. The first-order chi connectivity index (χ1) is 6.45. The molecule has 0 saturated heterocycles. The van der Waals surface area contributed by atoms with Crippen molar-refractivity contribution in [3.05, 3.63) is 54.5 Å². The van der Waals surface area contributed by atoms with E-state index in [4.69, 9.17) is 9.15 Å². The van der Waals surface area contributed by atoms with Crippen molar-refractivity contribution in [2.45, 2.75) is 6.61 Å². The van der Waals surface area contributed by atoms with Gasteiger partial charge in [0.25, 0.3) is 0 Å². The Morgan fingerprint density at radius 1 is 1.23 bits per heavy atom. The van der Waals surface area contributed by atoms with Gasteiger partial charge in [-0.25, -0.2) is 0 Å². The Hall–Kier alpha value is -1.70. The van der Waals surface area contributed by atoms with E-state index in [1.807, 2.05) is 30.3 Å². The van der Waals surface area contributed by atoms with Gasteiger partial charge >= 0.3 is 0 Å². The fraction of sp³-hybridized carbons (Fsp3) is 0.0909. The van der Waals surface area contributed by atoms with Gasteiger partial charge in [0, 0.05) is 5.56 Å². The van der Waals surface area contributed by atoms with E-state index in [2.05, 4.69) is 6.07 Å². The number of benzene rings is 1. The smallest absolute Gasteiger partial charge is 0.119 e. The van der Waals surface area contributed by atoms with Crippen molar-refractivity contribution in [2.24, 2.45) is 0 Å². The van der Waals surface area contributed by atoms with Crippen molar-refractivity contribution < 1.29 is 9.15 Å². The number of furan rings is 1. The van der Waals surface area contributed by atoms with Gasteiger partial charge in [-0.2, -0.15) is 0 Å². The maximum Gasteiger partial charge on any atom is 0.119 e. The molecule has 0 fully saturated rings. The van der Waals surface area contributed by atoms with Crippen molar-refractivity contribution in [3.8, 4) is 5.75 Å². The molecule has 1 radical (unpaired) electrons. The largest absolute Gasteiger partial charge is 0.489 e. The Bertz CT molecular complexity index is 338. The summed E-state index contributed by atoms with van der Waals surface area (Å²) in [6.07, 6.45) is 3.31. The average molecular weight is 173 g/mol. The van der Waals surface area contributed by atoms with E-state index < -0.39 is 0 Å². The molecule has 0 atom stereocenters. The maximum absolute atomic E-state index is 5.47. The van der Waals surface area contributed by atoms with Crippen LogP contribution in [0.5, 0.6) is 5.75 Å². The Morgan fingerprint density at radius 3 is 2.77 bits per heavy atom. The minimum absolute atomic E-state index is 0.542. The van der Waals surface area contributed by atoms with Gasteiger partial charge in [-0.15, -0.1) is 0 Å². The van der Waals surface area contributed by atoms with Gasteiger partial charge < -0.3 is 9.15 Å². The van der Waals surface area contributed by atoms with Gasteiger partial charge in [-0.05, 0) is 24.3 Å². The molecular formula is C11H9O2. The van der Waals surface area contributed by atoms with E-state index in [9.17, 15) is 0 Å². The maximum atomic E-state index is 5.47. The van der Waals surface area contributed by atoms with Crippen LogP contribution in [-0.4, -0.2) is 0 Å². The summed E-state index contributed by atoms with van der Waals surface area (Å²) >= 11 is 0. The molecule has 0 amide bonds. The van der Waals surface area contributed by atoms with Crippen molar-refractivity contribution in [3.63, 3.8) is 0 Å². The summed E-state index contributed by atoms with van der Waals surface area (Å²) in [7, 11) is 0. The van der Waals surface area contributed by atoms with Gasteiger partial charge in [-0.3, -0.25) is 0 Å². The van der Waals surface area contributed by atoms with Crippen LogP contribution >= 0.6 is 0 Å². The van der Waals surface area contributed by atoms with Gasteiger partial charge in [0.1, 0.15) is 12.4 Å². The molecule has 65 valence electrons. The summed E-state index contributed by atoms with van der Waals surface area (Å²) in [5.41, 5.74) is 1.04. The van der Waals surface area contributed by atoms with Crippen molar-refractivity contribution in [1.29, 1.82) is 0 Å². The summed E-state index contributed by atoms with van der Waals surface area (Å²) in [4.78, 5) is 0. The highest BCUT2D eigenvalue weighted by atomic mass is 16.5. The summed E-state index contributed by atoms with van der Waals surface area (Å²) in [6.45, 7) is 0.542. The van der Waals surface area contributed by atoms with Crippen LogP contribution in [-0.2, 0) is 6.61 Å². The van der Waals surface area contributed by atoms with E-state index in [-0.39, 0.29) is 0 Å². The van der Waals surface area contributed by atoms with Crippen LogP contribution in [0, 0.1) is 6.07 Å². The minimum Gasteiger partial charge on any atom is -0.489 e. The zero-order valence-corrected chi connectivity index (χ0v) is 7.07. The van der Waals surface area contributed by atoms with E-state index in [0.717, 1.165) is 11.3 Å². The fourth-order valence-electron chi connectivity index (χ4n) is 1.01. The van der Waals surface area contributed by atoms with Crippen LogP contribution in [0.4, 0.5) is 0 Å². The summed E-state index contributed by atoms with van der Waals surface area (Å²) in [5.74, 6) is 0.847. The lowest BCUT2D eigenvalue weighted by molar-refractivity contribution is 0.305. The van der Waals surface area contributed by atoms with Crippen molar-refractivity contribution in [1.82, 2.24) is 0 Å². The second kappa shape index (κ2) is 3.81. The van der Waals surface area contributed by atoms with Crippen molar-refractivity contribution >= 4 is 0 Å². The molecule has 0 unspecified atom stereocenters. The third-order valence-electron chi connectivity index (χ3n) is 1.67. The Morgan fingerprint density at radius 2 is 2.08 bits per heavy atom. The minimum atomic E-state index is 0.542. The lowest BCUT2D eigenvalue weighted by atomic mass is 10.3. The van der Waals surface area contributed by atoms with Crippen LogP contribution in [0.1, 0.15) is 5.56 Å². The molecule has 1 aromatic carbocycles. The highest BCUT2D eigenvalue weighted by Gasteiger charge is 1.95. The fourth-order valence-corrected chi connectivity index (χ4v) is 1.01. The molecule has 2 heteroatoms. The second-order valence-corrected chi connectivity index (χ2v) is 2.66. The molecule has 0 N–H and O–H groups in total. The first kappa shape index (κ1) is 7.92. The molecule has 0 spiro atoms. The van der Waals surface area contributed by atoms with Crippen LogP contribution in [0.25, 0.3) is 0 Å². The summed E-state index contributed by atoms with van der Waals surface area (Å²) in [6, 6.07) is 12.2. The molecule has 0 aliphatic carbocycles. The summed E-state index contributed by atoms with van der Waals surface area (Å²) in [5, 5.41) is 0. The molecule has 2 nitrogen and oxygen atoms in total. The predicted octanol–water partition coefficient (Wildman–Crippen LogP) is 2.66. The molecule has 0 saturated carbocycles.